The van der Waals surface area contributed by atoms with Crippen LogP contribution in [0.2, 0.25) is 0 Å². The van der Waals surface area contributed by atoms with Crippen LogP contribution in [0.5, 0.6) is 0 Å². The van der Waals surface area contributed by atoms with Crippen LogP contribution in [0.3, 0.4) is 0 Å². The molecule has 0 heterocycles. The quantitative estimate of drug-likeness (QED) is 0.771. The molecule has 6 heteroatoms. The van der Waals surface area contributed by atoms with Gasteiger partial charge in [0, 0.05) is 33.9 Å². The molecule has 0 saturated heterocycles. The summed E-state index contributed by atoms with van der Waals surface area (Å²) in [4.78, 5) is 15.8. The Kier molecular flexibility index (Phi) is 5.85. The number of carbonyl (C=O) groups excluding carboxylic acids is 1. The fourth-order valence-electron chi connectivity index (χ4n) is 1.94. The van der Waals surface area contributed by atoms with Crippen molar-refractivity contribution in [2.24, 2.45) is 0 Å². The van der Waals surface area contributed by atoms with Crippen molar-refractivity contribution in [3.05, 3.63) is 18.2 Å². The van der Waals surface area contributed by atoms with E-state index in [9.17, 15) is 4.79 Å². The Labute approximate surface area is 126 Å². The molecule has 0 spiro atoms. The molecule has 6 nitrogen and oxygen atoms in total. The van der Waals surface area contributed by atoms with Crippen LogP contribution in [0.15, 0.2) is 18.2 Å². The fourth-order valence-corrected chi connectivity index (χ4v) is 1.94. The zero-order chi connectivity index (χ0) is 16.0. The van der Waals surface area contributed by atoms with Crippen LogP contribution < -0.4 is 20.4 Å². The molecular weight excluding hydrogens is 266 g/mol. The minimum absolute atomic E-state index is 0.0212. The molecule has 1 rings (SSSR count). The van der Waals surface area contributed by atoms with Crippen molar-refractivity contribution in [2.75, 3.05) is 49.9 Å². The fraction of sp³-hybridized carbons (Fsp3) is 0.467. The summed E-state index contributed by atoms with van der Waals surface area (Å²) in [7, 11) is 7.95. The first-order valence-electron chi connectivity index (χ1n) is 6.76. The number of hydrogen-bond donors (Lipinski definition) is 2. The van der Waals surface area contributed by atoms with Crippen LogP contribution in [0.1, 0.15) is 6.92 Å². The van der Waals surface area contributed by atoms with Crippen LogP contribution >= 0.6 is 0 Å². The van der Waals surface area contributed by atoms with E-state index in [0.717, 1.165) is 17.1 Å². The molecule has 0 fully saturated rings. The number of nitrogens with one attached hydrogen (secondary N) is 2. The Balaban J connectivity index is 2.88. The predicted molar refractivity (Wildman–Crippen MR) is 86.8 cm³/mol. The summed E-state index contributed by atoms with van der Waals surface area (Å²) in [6.07, 6.45) is 0. The van der Waals surface area contributed by atoms with Gasteiger partial charge in [-0.3, -0.25) is 4.79 Å². The van der Waals surface area contributed by atoms with Gasteiger partial charge >= 0.3 is 0 Å². The topological polar surface area (TPSA) is 71.4 Å². The molecule has 1 aromatic rings. The second-order valence-corrected chi connectivity index (χ2v) is 5.23. The first kappa shape index (κ1) is 16.6. The van der Waals surface area contributed by atoms with Gasteiger partial charge < -0.3 is 20.4 Å². The average Bonchev–Trinajstić information content (AvgIpc) is 2.44. The number of hydrogen-bond acceptors (Lipinski definition) is 5. The highest BCUT2D eigenvalue weighted by Crippen LogP contribution is 2.30. The van der Waals surface area contributed by atoms with Crippen LogP contribution in [0, 0.1) is 11.3 Å². The summed E-state index contributed by atoms with van der Waals surface area (Å²) in [6.45, 7) is 1.79. The van der Waals surface area contributed by atoms with Crippen molar-refractivity contribution >= 4 is 23.0 Å². The van der Waals surface area contributed by atoms with Crippen LogP contribution in [-0.4, -0.2) is 46.7 Å². The maximum atomic E-state index is 11.8. The van der Waals surface area contributed by atoms with E-state index in [0.29, 0.717) is 0 Å². The lowest BCUT2D eigenvalue weighted by Gasteiger charge is -2.24. The van der Waals surface area contributed by atoms with Crippen LogP contribution in [0.4, 0.5) is 17.1 Å². The smallest absolute Gasteiger partial charge is 0.243 e. The number of anilines is 3. The van der Waals surface area contributed by atoms with Crippen LogP contribution in [0.25, 0.3) is 0 Å². The highest BCUT2D eigenvalue weighted by atomic mass is 16.2. The number of rotatable bonds is 6. The molecule has 0 aliphatic heterocycles. The first-order valence-corrected chi connectivity index (χ1v) is 6.76. The van der Waals surface area contributed by atoms with E-state index >= 15 is 0 Å². The van der Waals surface area contributed by atoms with Gasteiger partial charge in [-0.05, 0) is 25.1 Å². The van der Waals surface area contributed by atoms with Gasteiger partial charge in [-0.2, -0.15) is 5.26 Å². The van der Waals surface area contributed by atoms with Gasteiger partial charge in [0.25, 0.3) is 0 Å². The van der Waals surface area contributed by atoms with Crippen molar-refractivity contribution in [1.29, 1.82) is 5.26 Å². The highest BCUT2D eigenvalue weighted by Gasteiger charge is 2.13. The SMILES string of the molecule is CC(Nc1ccc(N(C)C)c(N(C)C)c1)C(=O)NCC#N. The molecule has 114 valence electrons. The Morgan fingerprint density at radius 3 is 2.38 bits per heavy atom. The summed E-state index contributed by atoms with van der Waals surface area (Å²) in [5.41, 5.74) is 3.03. The monoisotopic (exact) mass is 289 g/mol. The minimum atomic E-state index is -0.404. The van der Waals surface area contributed by atoms with E-state index in [1.165, 1.54) is 0 Å². The summed E-state index contributed by atoms with van der Waals surface area (Å²) in [6, 6.07) is 7.44. The van der Waals surface area contributed by atoms with E-state index in [1.807, 2.05) is 62.3 Å². The molecule has 1 amide bonds. The van der Waals surface area contributed by atoms with E-state index in [-0.39, 0.29) is 12.5 Å². The maximum absolute atomic E-state index is 11.8. The molecule has 0 saturated carbocycles. The van der Waals surface area contributed by atoms with Gasteiger partial charge in [0.05, 0.1) is 17.4 Å². The van der Waals surface area contributed by atoms with Gasteiger partial charge in [-0.15, -0.1) is 0 Å². The maximum Gasteiger partial charge on any atom is 0.243 e. The number of benzene rings is 1. The third-order valence-corrected chi connectivity index (χ3v) is 3.06. The normalized spacial score (nSPS) is 11.2. The Morgan fingerprint density at radius 2 is 1.86 bits per heavy atom. The van der Waals surface area contributed by atoms with E-state index in [4.69, 9.17) is 5.26 Å². The number of carbonyl (C=O) groups is 1. The summed E-state index contributed by atoms with van der Waals surface area (Å²) < 4.78 is 0. The van der Waals surface area contributed by atoms with Crippen molar-refractivity contribution < 1.29 is 4.79 Å². The molecule has 1 atom stereocenters. The van der Waals surface area contributed by atoms with Crippen LogP contribution in [-0.2, 0) is 4.79 Å². The van der Waals surface area contributed by atoms with Gasteiger partial charge in [0.15, 0.2) is 0 Å². The molecule has 0 aromatic heterocycles. The standard InChI is InChI=1S/C15H23N5O/c1-11(15(21)17-9-8-16)18-12-6-7-13(19(2)3)14(10-12)20(4)5/h6-7,10-11,18H,9H2,1-5H3,(H,17,21). The van der Waals surface area contributed by atoms with Gasteiger partial charge in [-0.1, -0.05) is 0 Å². The minimum Gasteiger partial charge on any atom is -0.376 e. The number of amides is 1. The molecule has 1 aromatic carbocycles. The van der Waals surface area contributed by atoms with Gasteiger partial charge in [0.2, 0.25) is 5.91 Å². The molecule has 0 bridgehead atoms. The van der Waals surface area contributed by atoms with E-state index in [1.54, 1.807) is 6.92 Å². The molecule has 0 aliphatic carbocycles. The van der Waals surface area contributed by atoms with Crippen molar-refractivity contribution in [1.82, 2.24) is 5.32 Å². The van der Waals surface area contributed by atoms with Gasteiger partial charge in [-0.25, -0.2) is 0 Å². The molecule has 0 radical (unpaired) electrons. The molecule has 21 heavy (non-hydrogen) atoms. The largest absolute Gasteiger partial charge is 0.376 e. The van der Waals surface area contributed by atoms with E-state index in [2.05, 4.69) is 10.6 Å². The summed E-state index contributed by atoms with van der Waals surface area (Å²) in [5, 5.41) is 14.2. The molecule has 1 unspecified atom stereocenters. The Hall–Kier alpha value is -2.42. The van der Waals surface area contributed by atoms with E-state index < -0.39 is 6.04 Å². The Morgan fingerprint density at radius 1 is 1.24 bits per heavy atom. The first-order chi connectivity index (χ1) is 9.86. The van der Waals surface area contributed by atoms with Crippen molar-refractivity contribution in [2.45, 2.75) is 13.0 Å². The third kappa shape index (κ3) is 4.56. The second-order valence-electron chi connectivity index (χ2n) is 5.23. The highest BCUT2D eigenvalue weighted by molar-refractivity contribution is 5.85. The molecule has 2 N–H and O–H groups in total. The zero-order valence-corrected chi connectivity index (χ0v) is 13.3. The third-order valence-electron chi connectivity index (χ3n) is 3.06. The summed E-state index contributed by atoms with van der Waals surface area (Å²) >= 11 is 0. The van der Waals surface area contributed by atoms with Crippen molar-refractivity contribution in [3.63, 3.8) is 0 Å². The number of nitrogens with zero attached hydrogens (tertiary/aromatic N) is 3. The lowest BCUT2D eigenvalue weighted by atomic mass is 10.2. The second kappa shape index (κ2) is 7.39. The lowest BCUT2D eigenvalue weighted by Crippen LogP contribution is -2.37. The molecular formula is C15H23N5O. The predicted octanol–water partition coefficient (Wildman–Crippen LogP) is 1.26. The summed E-state index contributed by atoms with van der Waals surface area (Å²) in [5.74, 6) is -0.195. The average molecular weight is 289 g/mol. The Bertz CT molecular complexity index is 533. The molecule has 0 aliphatic rings. The lowest BCUT2D eigenvalue weighted by molar-refractivity contribution is -0.121. The zero-order valence-electron chi connectivity index (χ0n) is 13.3. The van der Waals surface area contributed by atoms with Gasteiger partial charge in [0.1, 0.15) is 12.6 Å². The van der Waals surface area contributed by atoms with Crippen molar-refractivity contribution in [3.8, 4) is 6.07 Å². The number of nitriles is 1.